The third-order valence-corrected chi connectivity index (χ3v) is 4.35. The number of hydroxylamine groups is 1. The lowest BCUT2D eigenvalue weighted by atomic mass is 9.98. The van der Waals surface area contributed by atoms with E-state index in [1.54, 1.807) is 0 Å². The minimum atomic E-state index is -0.431. The van der Waals surface area contributed by atoms with Crippen LogP contribution in [0.1, 0.15) is 28.4 Å². The van der Waals surface area contributed by atoms with Crippen LogP contribution in [0.4, 0.5) is 0 Å². The third-order valence-electron chi connectivity index (χ3n) is 4.13. The summed E-state index contributed by atoms with van der Waals surface area (Å²) in [6.07, 6.45) is 1.38. The fraction of sp³-hybridized carbons (Fsp3) is 0.222. The summed E-state index contributed by atoms with van der Waals surface area (Å²) in [5, 5.41) is 10.1. The van der Waals surface area contributed by atoms with Crippen molar-refractivity contribution in [1.82, 2.24) is 5.48 Å². The number of aryl methyl sites for hydroxylation is 1. The lowest BCUT2D eigenvalue weighted by molar-refractivity contribution is -0.0179. The predicted molar refractivity (Wildman–Crippen MR) is 89.2 cm³/mol. The maximum atomic E-state index is 9.51. The van der Waals surface area contributed by atoms with Gasteiger partial charge in [0.25, 0.3) is 0 Å². The van der Waals surface area contributed by atoms with Crippen molar-refractivity contribution in [1.29, 1.82) is 0 Å². The number of ether oxygens (including phenoxy) is 3. The molecule has 4 rings (SSSR count). The highest BCUT2D eigenvalue weighted by Gasteiger charge is 2.27. The van der Waals surface area contributed by atoms with Crippen LogP contribution in [0.5, 0.6) is 11.5 Å². The van der Waals surface area contributed by atoms with Gasteiger partial charge in [-0.1, -0.05) is 17.7 Å². The molecule has 0 fully saturated rings. The van der Waals surface area contributed by atoms with Crippen LogP contribution in [-0.4, -0.2) is 12.0 Å². The average molecular weight is 346 g/mol. The number of halogens is 1. The summed E-state index contributed by atoms with van der Waals surface area (Å²) >= 11 is 6.24. The van der Waals surface area contributed by atoms with Crippen LogP contribution in [0.25, 0.3) is 5.70 Å². The average Bonchev–Trinajstić information content (AvgIpc) is 2.59. The van der Waals surface area contributed by atoms with Gasteiger partial charge in [-0.2, -0.15) is 0 Å². The van der Waals surface area contributed by atoms with Crippen molar-refractivity contribution >= 4 is 17.3 Å². The molecule has 2 aromatic rings. The molecule has 0 saturated carbocycles. The first-order valence-corrected chi connectivity index (χ1v) is 7.96. The Morgan fingerprint density at radius 3 is 2.96 bits per heavy atom. The summed E-state index contributed by atoms with van der Waals surface area (Å²) in [4.78, 5) is 0. The molecular weight excluding hydrogens is 330 g/mol. The molecule has 6 heteroatoms. The number of rotatable bonds is 2. The normalized spacial score (nSPS) is 18.6. The first-order valence-electron chi connectivity index (χ1n) is 7.58. The van der Waals surface area contributed by atoms with Crippen molar-refractivity contribution in [3.8, 4) is 11.5 Å². The van der Waals surface area contributed by atoms with E-state index in [4.69, 9.17) is 25.8 Å². The Kier molecular flexibility index (Phi) is 3.84. The fourth-order valence-corrected chi connectivity index (χ4v) is 3.28. The minimum absolute atomic E-state index is 0.193. The van der Waals surface area contributed by atoms with Crippen LogP contribution < -0.4 is 15.0 Å². The first kappa shape index (κ1) is 15.3. The molecule has 0 aromatic heterocycles. The highest BCUT2D eigenvalue weighted by molar-refractivity contribution is 6.30. The monoisotopic (exact) mass is 345 g/mol. The summed E-state index contributed by atoms with van der Waals surface area (Å²) in [6.45, 7) is 2.63. The van der Waals surface area contributed by atoms with Crippen molar-refractivity contribution < 1.29 is 19.4 Å². The number of benzene rings is 2. The molecule has 0 bridgehead atoms. The molecule has 1 atom stereocenters. The van der Waals surface area contributed by atoms with Crippen molar-refractivity contribution in [2.24, 2.45) is 0 Å². The van der Waals surface area contributed by atoms with Crippen LogP contribution >= 0.6 is 11.6 Å². The Labute approximate surface area is 144 Å². The quantitative estimate of drug-likeness (QED) is 0.806. The third kappa shape index (κ3) is 2.60. The van der Waals surface area contributed by atoms with Gasteiger partial charge in [-0.25, -0.2) is 0 Å². The molecule has 2 heterocycles. The maximum absolute atomic E-state index is 9.51. The molecule has 0 unspecified atom stereocenters. The van der Waals surface area contributed by atoms with Gasteiger partial charge in [0.1, 0.15) is 17.6 Å². The molecule has 2 aliphatic heterocycles. The van der Waals surface area contributed by atoms with Gasteiger partial charge < -0.3 is 14.2 Å². The summed E-state index contributed by atoms with van der Waals surface area (Å²) in [5.41, 5.74) is 6.41. The Morgan fingerprint density at radius 2 is 2.12 bits per heavy atom. The number of nitrogens with one attached hydrogen (secondary N) is 1. The van der Waals surface area contributed by atoms with E-state index < -0.39 is 6.10 Å². The van der Waals surface area contributed by atoms with Crippen LogP contribution in [0.15, 0.2) is 36.4 Å². The molecule has 0 radical (unpaired) electrons. The van der Waals surface area contributed by atoms with E-state index in [-0.39, 0.29) is 6.79 Å². The highest BCUT2D eigenvalue weighted by atomic mass is 35.5. The summed E-state index contributed by atoms with van der Waals surface area (Å²) in [5.74, 6) is 1.42. The Morgan fingerprint density at radius 1 is 1.25 bits per heavy atom. The van der Waals surface area contributed by atoms with Gasteiger partial charge in [0.2, 0.25) is 0 Å². The van der Waals surface area contributed by atoms with E-state index in [1.807, 2.05) is 43.3 Å². The van der Waals surface area contributed by atoms with E-state index in [9.17, 15) is 5.21 Å². The molecule has 124 valence electrons. The van der Waals surface area contributed by atoms with Gasteiger partial charge in [-0.05, 0) is 42.8 Å². The molecule has 2 aromatic carbocycles. The topological polar surface area (TPSA) is 60.0 Å². The second-order valence-electron chi connectivity index (χ2n) is 5.82. The Balaban J connectivity index is 1.82. The SMILES string of the molecule is Cc1ccc2c(c1)O[C@H](c1cc(Cl)cc3c1OCOC3)C=C2NO. The van der Waals surface area contributed by atoms with Gasteiger partial charge >= 0.3 is 0 Å². The molecular formula is C18H16ClNO4. The molecule has 0 spiro atoms. The van der Waals surface area contributed by atoms with E-state index >= 15 is 0 Å². The Hall–Kier alpha value is -2.21. The zero-order valence-electron chi connectivity index (χ0n) is 13.0. The van der Waals surface area contributed by atoms with Crippen LogP contribution in [0.3, 0.4) is 0 Å². The van der Waals surface area contributed by atoms with E-state index in [2.05, 4.69) is 5.48 Å². The summed E-state index contributed by atoms with van der Waals surface area (Å²) < 4.78 is 17.1. The zero-order valence-corrected chi connectivity index (χ0v) is 13.8. The molecule has 2 N–H and O–H groups in total. The van der Waals surface area contributed by atoms with Crippen LogP contribution in [-0.2, 0) is 11.3 Å². The maximum Gasteiger partial charge on any atom is 0.189 e. The van der Waals surface area contributed by atoms with E-state index in [1.165, 1.54) is 0 Å². The van der Waals surface area contributed by atoms with Gasteiger partial charge in [-0.3, -0.25) is 10.7 Å². The van der Waals surface area contributed by atoms with Gasteiger partial charge in [0.15, 0.2) is 6.79 Å². The largest absolute Gasteiger partial charge is 0.481 e. The molecule has 5 nitrogen and oxygen atoms in total. The molecule has 0 amide bonds. The fourth-order valence-electron chi connectivity index (χ4n) is 3.03. The number of fused-ring (bicyclic) bond motifs is 2. The molecule has 0 aliphatic carbocycles. The van der Waals surface area contributed by atoms with E-state index in [0.29, 0.717) is 23.1 Å². The second-order valence-corrected chi connectivity index (χ2v) is 6.26. The number of hydrogen-bond acceptors (Lipinski definition) is 5. The van der Waals surface area contributed by atoms with Crippen LogP contribution in [0.2, 0.25) is 5.02 Å². The second kappa shape index (κ2) is 6.02. The van der Waals surface area contributed by atoms with Crippen molar-refractivity contribution in [2.75, 3.05) is 6.79 Å². The predicted octanol–water partition coefficient (Wildman–Crippen LogP) is 3.97. The number of hydrogen-bond donors (Lipinski definition) is 2. The van der Waals surface area contributed by atoms with E-state index in [0.717, 1.165) is 28.0 Å². The summed E-state index contributed by atoms with van der Waals surface area (Å²) in [7, 11) is 0. The van der Waals surface area contributed by atoms with Gasteiger partial charge in [0.05, 0.1) is 12.3 Å². The van der Waals surface area contributed by atoms with Crippen molar-refractivity contribution in [3.63, 3.8) is 0 Å². The molecule has 0 saturated heterocycles. The molecule has 24 heavy (non-hydrogen) atoms. The smallest absolute Gasteiger partial charge is 0.189 e. The van der Waals surface area contributed by atoms with Crippen molar-refractivity contribution in [3.05, 3.63) is 63.7 Å². The zero-order chi connectivity index (χ0) is 16.7. The Bertz CT molecular complexity index is 834. The first-order chi connectivity index (χ1) is 11.7. The lowest BCUT2D eigenvalue weighted by Gasteiger charge is -2.29. The molecule has 2 aliphatic rings. The summed E-state index contributed by atoms with van der Waals surface area (Å²) in [6, 6.07) is 9.47. The lowest BCUT2D eigenvalue weighted by Crippen LogP contribution is -2.20. The van der Waals surface area contributed by atoms with Crippen molar-refractivity contribution in [2.45, 2.75) is 19.6 Å². The van der Waals surface area contributed by atoms with Crippen LogP contribution in [0, 0.1) is 6.92 Å². The standard InChI is InChI=1S/C18H16ClNO4/c1-10-2-3-13-15(20-21)7-17(24-16(13)4-10)14-6-12(19)5-11-8-22-9-23-18(11)14/h2-7,17,20-21H,8-9H2,1H3/t17-/m0/s1. The van der Waals surface area contributed by atoms with Gasteiger partial charge in [0, 0.05) is 21.7 Å². The van der Waals surface area contributed by atoms with Gasteiger partial charge in [-0.15, -0.1) is 0 Å². The minimum Gasteiger partial charge on any atom is -0.481 e. The highest BCUT2D eigenvalue weighted by Crippen LogP contribution is 2.42.